The first-order chi connectivity index (χ1) is 18.2. The molecule has 3 aromatic rings. The van der Waals surface area contributed by atoms with Crippen molar-refractivity contribution in [1.82, 2.24) is 24.8 Å². The zero-order valence-corrected chi connectivity index (χ0v) is 21.0. The Labute approximate surface area is 217 Å². The highest BCUT2D eigenvalue weighted by Gasteiger charge is 2.36. The molecule has 0 bridgehead atoms. The van der Waals surface area contributed by atoms with Gasteiger partial charge in [-0.25, -0.2) is 13.9 Å². The summed E-state index contributed by atoms with van der Waals surface area (Å²) in [5.41, 5.74) is -0.0429. The van der Waals surface area contributed by atoms with Crippen molar-refractivity contribution in [3.05, 3.63) is 59.3 Å². The molecule has 4 heterocycles. The van der Waals surface area contributed by atoms with Crippen LogP contribution in [-0.4, -0.2) is 69.3 Å². The minimum Gasteiger partial charge on any atom is -0.396 e. The lowest BCUT2D eigenvalue weighted by atomic mass is 10.0. The van der Waals surface area contributed by atoms with Crippen molar-refractivity contribution in [2.75, 3.05) is 37.7 Å². The van der Waals surface area contributed by atoms with Gasteiger partial charge in [-0.15, -0.1) is 0 Å². The molecule has 2 aromatic heterocycles. The monoisotopic (exact) mass is 534 g/mol. The zero-order chi connectivity index (χ0) is 27.0. The fourth-order valence-corrected chi connectivity index (χ4v) is 5.54. The van der Waals surface area contributed by atoms with E-state index in [1.54, 1.807) is 6.07 Å². The van der Waals surface area contributed by atoms with Crippen LogP contribution >= 0.6 is 0 Å². The summed E-state index contributed by atoms with van der Waals surface area (Å²) in [6.07, 6.45) is 0.938. The molecule has 0 unspecified atom stereocenters. The first kappa shape index (κ1) is 26.4. The summed E-state index contributed by atoms with van der Waals surface area (Å²) >= 11 is 0. The molecule has 2 atom stereocenters. The predicted octanol–water partition coefficient (Wildman–Crippen LogP) is 3.66. The van der Waals surface area contributed by atoms with Gasteiger partial charge in [0.1, 0.15) is 12.1 Å². The number of aromatic nitrogens is 3. The lowest BCUT2D eigenvalue weighted by Crippen LogP contribution is -2.44. The van der Waals surface area contributed by atoms with Crippen molar-refractivity contribution in [1.29, 1.82) is 0 Å². The van der Waals surface area contributed by atoms with Crippen LogP contribution in [0.3, 0.4) is 0 Å². The van der Waals surface area contributed by atoms with Crippen molar-refractivity contribution in [3.63, 3.8) is 0 Å². The van der Waals surface area contributed by atoms with E-state index in [1.807, 2.05) is 0 Å². The third kappa shape index (κ3) is 5.19. The van der Waals surface area contributed by atoms with Crippen LogP contribution in [0.25, 0.3) is 5.65 Å². The molecule has 5 rings (SSSR count). The van der Waals surface area contributed by atoms with Crippen LogP contribution in [0, 0.1) is 11.7 Å². The number of hydrogen-bond donors (Lipinski definition) is 2. The number of piperidine rings is 1. The first-order valence-electron chi connectivity index (χ1n) is 12.8. The molecular formula is C26H30F4N6O2. The molecule has 1 amide bonds. The van der Waals surface area contributed by atoms with Crippen LogP contribution in [0.5, 0.6) is 0 Å². The standard InChI is InChI=1S/C26H30F4N6O2/c1-16(20-3-2-4-21(23(20)27)26(28,29)30)33-25(38)18-11-22(24-31-15-32-36(24)13-18)34-9-6-19(7-10-34)35-8-5-17(12-35)14-37/h2-4,11,13,15-17,19,37H,5-10,12,14H2,1H3,(H,33,38)/t16-,17+/m1/s1. The van der Waals surface area contributed by atoms with E-state index in [0.717, 1.165) is 57.2 Å². The van der Waals surface area contributed by atoms with Gasteiger partial charge < -0.3 is 15.3 Å². The fourth-order valence-electron chi connectivity index (χ4n) is 5.54. The Kier molecular flexibility index (Phi) is 7.28. The van der Waals surface area contributed by atoms with E-state index in [9.17, 15) is 27.5 Å². The average molecular weight is 535 g/mol. The normalized spacial score (nSPS) is 20.3. The highest BCUT2D eigenvalue weighted by molar-refractivity contribution is 5.96. The Morgan fingerprint density at radius 1 is 1.21 bits per heavy atom. The number of alkyl halides is 3. The second kappa shape index (κ2) is 10.5. The van der Waals surface area contributed by atoms with Crippen LogP contribution < -0.4 is 10.2 Å². The summed E-state index contributed by atoms with van der Waals surface area (Å²) in [5.74, 6) is -1.62. The lowest BCUT2D eigenvalue weighted by molar-refractivity contribution is -0.140. The summed E-state index contributed by atoms with van der Waals surface area (Å²) < 4.78 is 55.5. The first-order valence-corrected chi connectivity index (χ1v) is 12.8. The van der Waals surface area contributed by atoms with Crippen LogP contribution in [0.1, 0.15) is 53.7 Å². The Morgan fingerprint density at radius 2 is 1.97 bits per heavy atom. The summed E-state index contributed by atoms with van der Waals surface area (Å²) in [6.45, 7) is 5.07. The summed E-state index contributed by atoms with van der Waals surface area (Å²) in [5, 5.41) is 16.3. The number of nitrogens with zero attached hydrogens (tertiary/aromatic N) is 5. The van der Waals surface area contributed by atoms with E-state index >= 15 is 0 Å². The second-order valence-electron chi connectivity index (χ2n) is 10.1. The van der Waals surface area contributed by atoms with Crippen LogP contribution in [0.15, 0.2) is 36.8 Å². The van der Waals surface area contributed by atoms with E-state index in [-0.39, 0.29) is 17.7 Å². The number of benzene rings is 1. The van der Waals surface area contributed by atoms with Gasteiger partial charge in [-0.3, -0.25) is 9.69 Å². The van der Waals surface area contributed by atoms with Crippen molar-refractivity contribution in [2.45, 2.75) is 44.4 Å². The molecule has 0 aliphatic carbocycles. The number of nitrogens with one attached hydrogen (secondary N) is 1. The molecule has 2 saturated heterocycles. The van der Waals surface area contributed by atoms with Gasteiger partial charge in [-0.1, -0.05) is 12.1 Å². The highest BCUT2D eigenvalue weighted by Crippen LogP contribution is 2.34. The zero-order valence-electron chi connectivity index (χ0n) is 21.0. The summed E-state index contributed by atoms with van der Waals surface area (Å²) in [4.78, 5) is 22.1. The largest absolute Gasteiger partial charge is 0.419 e. The smallest absolute Gasteiger partial charge is 0.396 e. The van der Waals surface area contributed by atoms with Gasteiger partial charge in [-0.05, 0) is 50.8 Å². The molecule has 38 heavy (non-hydrogen) atoms. The molecule has 2 N–H and O–H groups in total. The maximum atomic E-state index is 14.6. The number of hydrogen-bond acceptors (Lipinski definition) is 6. The summed E-state index contributed by atoms with van der Waals surface area (Å²) in [6, 6.07) is 4.17. The van der Waals surface area contributed by atoms with E-state index in [1.165, 1.54) is 30.0 Å². The Bertz CT molecular complexity index is 1300. The van der Waals surface area contributed by atoms with Gasteiger partial charge in [0, 0.05) is 44.0 Å². The molecule has 2 aliphatic rings. The van der Waals surface area contributed by atoms with Crippen LogP contribution in [0.2, 0.25) is 0 Å². The van der Waals surface area contributed by atoms with Gasteiger partial charge in [0.15, 0.2) is 5.65 Å². The molecule has 2 aliphatic heterocycles. The van der Waals surface area contributed by atoms with Crippen LogP contribution in [-0.2, 0) is 6.18 Å². The minimum absolute atomic E-state index is 0.216. The quantitative estimate of drug-likeness (QED) is 0.470. The predicted molar refractivity (Wildman–Crippen MR) is 132 cm³/mol. The Balaban J connectivity index is 1.32. The molecule has 0 radical (unpaired) electrons. The topological polar surface area (TPSA) is 86.0 Å². The van der Waals surface area contributed by atoms with Crippen molar-refractivity contribution in [2.24, 2.45) is 5.92 Å². The number of pyridine rings is 1. The number of likely N-dealkylation sites (tertiary alicyclic amines) is 1. The number of aliphatic hydroxyl groups is 1. The van der Waals surface area contributed by atoms with Crippen molar-refractivity contribution in [3.8, 4) is 0 Å². The molecular weight excluding hydrogens is 504 g/mol. The number of rotatable bonds is 6. The Hall–Kier alpha value is -3.25. The fraction of sp³-hybridized carbons (Fsp3) is 0.500. The maximum absolute atomic E-state index is 14.6. The number of carbonyl (C=O) groups is 1. The van der Waals surface area contributed by atoms with Crippen molar-refractivity contribution >= 4 is 17.2 Å². The maximum Gasteiger partial charge on any atom is 0.419 e. The molecule has 8 nitrogen and oxygen atoms in total. The van der Waals surface area contributed by atoms with Gasteiger partial charge in [0.2, 0.25) is 0 Å². The third-order valence-electron chi connectivity index (χ3n) is 7.66. The molecule has 2 fully saturated rings. The SMILES string of the molecule is C[C@@H](NC(=O)c1cc(N2CCC(N3CC[C@H](CO)C3)CC2)c2ncnn2c1)c1cccc(C(F)(F)F)c1F. The third-order valence-corrected chi connectivity index (χ3v) is 7.66. The average Bonchev–Trinajstić information content (AvgIpc) is 3.57. The summed E-state index contributed by atoms with van der Waals surface area (Å²) in [7, 11) is 0. The highest BCUT2D eigenvalue weighted by atomic mass is 19.4. The van der Waals surface area contributed by atoms with E-state index in [4.69, 9.17) is 0 Å². The van der Waals surface area contributed by atoms with Crippen LogP contribution in [0.4, 0.5) is 23.2 Å². The van der Waals surface area contributed by atoms with Gasteiger partial charge in [0.25, 0.3) is 5.91 Å². The van der Waals surface area contributed by atoms with E-state index in [0.29, 0.717) is 23.7 Å². The van der Waals surface area contributed by atoms with Gasteiger partial charge >= 0.3 is 6.18 Å². The minimum atomic E-state index is -4.83. The van der Waals surface area contributed by atoms with E-state index in [2.05, 4.69) is 25.2 Å². The van der Waals surface area contributed by atoms with E-state index < -0.39 is 29.5 Å². The van der Waals surface area contributed by atoms with Crippen molar-refractivity contribution < 1.29 is 27.5 Å². The Morgan fingerprint density at radius 3 is 2.66 bits per heavy atom. The number of aliphatic hydroxyl groups excluding tert-OH is 1. The molecule has 1 aromatic carbocycles. The second-order valence-corrected chi connectivity index (χ2v) is 10.1. The number of amides is 1. The molecule has 0 spiro atoms. The molecule has 0 saturated carbocycles. The number of halogens is 4. The number of fused-ring (bicyclic) bond motifs is 1. The molecule has 12 heteroatoms. The van der Waals surface area contributed by atoms with Gasteiger partial charge in [-0.2, -0.15) is 18.3 Å². The number of anilines is 1. The van der Waals surface area contributed by atoms with Gasteiger partial charge in [0.05, 0.1) is 22.9 Å². The number of carbonyl (C=O) groups excluding carboxylic acids is 1. The lowest BCUT2D eigenvalue weighted by Gasteiger charge is -2.38. The molecule has 204 valence electrons.